The zero-order valence-electron chi connectivity index (χ0n) is 100.0. The SMILES string of the molecule is C1COCC[NH2+]1.CCCC[N+](CCCC)(CCCC)CCCC.CC[NH+](CC)CC.C[N+](C)(C)Cc1ccc(-c2ccc(C[N+](C)(C)C)cc2)cc1.C[N+](C)(C)c1ccccc1.C[N+](C)(C)c1ccccc1-c1ccccc1[N+](C)(C)C.C[N+](C)(CCC[N+](C)(C)C1CCCCC1)C1CCCCC1.C[N+](C)(CCC[N+](C)(C)c1ccccc1)c1ccccc1.c1ccc(C[N+]23CC[N+](Cc4ccccc4)(CC2)CC3)cc1. The first-order chi connectivity index (χ1) is 69.1. The Kier molecular flexibility index (Phi) is 55.4. The van der Waals surface area contributed by atoms with Gasteiger partial charge in [0, 0.05) is 46.2 Å². The Morgan fingerprint density at radius 1 is 0.281 bits per heavy atom. The number of nitrogens with one attached hydrogen (secondary N) is 1. The number of morpholine rings is 1. The number of rotatable bonds is 40. The highest BCUT2D eigenvalue weighted by Crippen LogP contribution is 2.40. The summed E-state index contributed by atoms with van der Waals surface area (Å²) in [5, 5.41) is 2.27. The van der Waals surface area contributed by atoms with Crippen LogP contribution in [0.5, 0.6) is 0 Å². The fraction of sp³-hybridized carbons (Fsp3) is 0.588. The molecule has 0 atom stereocenters. The van der Waals surface area contributed by atoms with Gasteiger partial charge in [-0.1, -0.05) is 254 Å². The van der Waals surface area contributed by atoms with Gasteiger partial charge in [0.15, 0.2) is 0 Å². The molecule has 0 spiro atoms. The molecule has 0 aromatic heterocycles. The average Bonchev–Trinajstić information content (AvgIpc) is 0.753. The van der Waals surface area contributed by atoms with E-state index in [1.165, 1.54) is 335 Å². The second-order valence-electron chi connectivity index (χ2n) is 50.7. The maximum Gasteiger partial charge on any atom is 0.140 e. The first-order valence-corrected chi connectivity index (χ1v) is 57.9. The lowest BCUT2D eigenvalue weighted by Crippen LogP contribution is -3.11. The van der Waals surface area contributed by atoms with Crippen LogP contribution in [-0.2, 0) is 30.9 Å². The Bertz CT molecular complexity index is 4520. The highest BCUT2D eigenvalue weighted by Gasteiger charge is 2.49. The second-order valence-corrected chi connectivity index (χ2v) is 50.7. The van der Waals surface area contributed by atoms with E-state index in [0.29, 0.717) is 0 Å². The van der Waals surface area contributed by atoms with Crippen molar-refractivity contribution in [3.8, 4) is 22.3 Å². The van der Waals surface area contributed by atoms with Gasteiger partial charge in [-0.25, -0.2) is 0 Å². The molecule has 812 valence electrons. The molecule has 9 aromatic carbocycles. The third kappa shape index (κ3) is 47.5. The largest absolute Gasteiger partial charge is 0.370 e. The lowest BCUT2D eigenvalue weighted by atomic mass is 9.92. The minimum absolute atomic E-state index is 0.821. The number of ether oxygens (including phenoxy) is 1. The third-order valence-corrected chi connectivity index (χ3v) is 31.8. The van der Waals surface area contributed by atoms with Crippen LogP contribution in [0.4, 0.5) is 28.4 Å². The summed E-state index contributed by atoms with van der Waals surface area (Å²) in [7, 11) is 52.2. The molecule has 6 fully saturated rings. The fourth-order valence-electron chi connectivity index (χ4n) is 22.1. The zero-order valence-corrected chi connectivity index (χ0v) is 100.0. The van der Waals surface area contributed by atoms with E-state index in [1.54, 1.807) is 4.90 Å². The zero-order chi connectivity index (χ0) is 107. The monoisotopic (exact) mass is 2010 g/mol. The number of fused-ring (bicyclic) bond motifs is 3. The molecule has 9 aromatic rings. The summed E-state index contributed by atoms with van der Waals surface area (Å²) in [6.45, 7) is 47.4. The first kappa shape index (κ1) is 127. The first-order valence-electron chi connectivity index (χ1n) is 57.9. The number of piperazine rings is 3. The van der Waals surface area contributed by atoms with Crippen molar-refractivity contribution in [3.05, 3.63) is 271 Å². The van der Waals surface area contributed by atoms with E-state index in [0.717, 1.165) is 95.9 Å². The molecule has 4 aliphatic heterocycles. The van der Waals surface area contributed by atoms with Crippen LogP contribution in [0, 0.1) is 0 Å². The van der Waals surface area contributed by atoms with E-state index >= 15 is 0 Å². The van der Waals surface area contributed by atoms with E-state index in [-0.39, 0.29) is 0 Å². The van der Waals surface area contributed by atoms with Gasteiger partial charge in [-0.15, -0.1) is 0 Å². The lowest BCUT2D eigenvalue weighted by molar-refractivity contribution is -1.09. The summed E-state index contributed by atoms with van der Waals surface area (Å²) in [6, 6.07) is 91.3. The van der Waals surface area contributed by atoms with Crippen LogP contribution in [-0.4, -0.2) is 343 Å². The fourth-order valence-corrected chi connectivity index (χ4v) is 22.1. The molecular weight excluding hydrogens is 1790 g/mol. The van der Waals surface area contributed by atoms with Crippen molar-refractivity contribution >= 4 is 28.4 Å². The molecule has 4 saturated heterocycles. The van der Waals surface area contributed by atoms with Gasteiger partial charge in [0.1, 0.15) is 93.9 Å². The normalized spacial score (nSPS) is 17.0. The van der Waals surface area contributed by atoms with Crippen LogP contribution < -0.4 is 32.6 Å². The van der Waals surface area contributed by atoms with Crippen molar-refractivity contribution in [2.24, 2.45) is 0 Å². The molecule has 6 aliphatic rings. The van der Waals surface area contributed by atoms with Crippen LogP contribution in [0.2, 0.25) is 0 Å². The van der Waals surface area contributed by atoms with Crippen LogP contribution in [0.1, 0.15) is 199 Å². The van der Waals surface area contributed by atoms with Gasteiger partial charge in [0.05, 0.1) is 272 Å². The number of quaternary nitrogens is 14. The molecular formula is C131H226N14O+14. The Morgan fingerprint density at radius 2 is 0.562 bits per heavy atom. The standard InChI is InChI=1S/C20H26N2.C20H30N2.C19H40N2.C19H28N2.C18H26N2.C16H36N.C9H14N.C6H15N.C4H9NO/c1-3-7-19(8-4-1)17-21-11-14-22(15-12-21,16-13-21)18-20-9-5-2-6-10-20;1-21(2,3)15-17-7-11-19(12-8-17)20-13-9-18(10-14-20)16-22(4,5)6;2*1-20(2,18-12-7-5-8-13-18)16-11-17-21(3,4)19-14-9-6-10-15-19;1-19(2,3)17-13-9-7-11-15(17)16-12-8-10-14-18(16)20(4,5)6;1-5-9-13-17(14-10-6-2,15-11-7-3)16-12-8-4;1-10(2,3)9-7-5-4-6-8-9;1-4-7(5-2)6-3;1-3-6-4-2-5-1/h1-10H,11-18H2;7-14H,15-16H2,1-6H3;18-19H,5-17H2,1-4H3;5-10,12-15H,11,16-17H2,1-4H3;7-14H,1-6H3;5-16H2,1-4H3;4-8H,1-3H3;4-6H2,1-3H3;5H,1-4H2/q5*+2;2*+1;;/p+2. The summed E-state index contributed by atoms with van der Waals surface area (Å²) in [5.41, 5.74) is 17.8. The Morgan fingerprint density at radius 3 is 0.808 bits per heavy atom. The maximum absolute atomic E-state index is 5.04. The van der Waals surface area contributed by atoms with Crippen molar-refractivity contribution < 1.29 is 46.3 Å². The maximum atomic E-state index is 5.04. The summed E-state index contributed by atoms with van der Waals surface area (Å²) >= 11 is 0. The molecule has 2 saturated carbocycles. The smallest absolute Gasteiger partial charge is 0.140 e. The van der Waals surface area contributed by atoms with Gasteiger partial charge in [0.25, 0.3) is 0 Å². The van der Waals surface area contributed by atoms with E-state index in [4.69, 9.17) is 4.74 Å². The van der Waals surface area contributed by atoms with Gasteiger partial charge in [0.2, 0.25) is 0 Å². The van der Waals surface area contributed by atoms with Gasteiger partial charge in [-0.3, -0.25) is 22.4 Å². The molecule has 0 unspecified atom stereocenters. The van der Waals surface area contributed by atoms with Crippen LogP contribution in [0.3, 0.4) is 0 Å². The number of nitrogens with zero attached hydrogens (tertiary/aromatic N) is 12. The quantitative estimate of drug-likeness (QED) is 0.0369. The van der Waals surface area contributed by atoms with Crippen molar-refractivity contribution in [1.82, 2.24) is 22.4 Å². The van der Waals surface area contributed by atoms with E-state index in [2.05, 4.69) is 459 Å². The summed E-state index contributed by atoms with van der Waals surface area (Å²) in [6.07, 6.45) is 28.3. The van der Waals surface area contributed by atoms with Crippen molar-refractivity contribution in [3.63, 3.8) is 0 Å². The van der Waals surface area contributed by atoms with Gasteiger partial charge in [-0.05, 0) is 170 Å². The molecule has 146 heavy (non-hydrogen) atoms. The van der Waals surface area contributed by atoms with Crippen molar-refractivity contribution in [1.29, 1.82) is 0 Å². The van der Waals surface area contributed by atoms with E-state index in [9.17, 15) is 0 Å². The Balaban J connectivity index is 0.000000257. The molecule has 15 heteroatoms. The number of hydrogen-bond donors (Lipinski definition) is 2. The van der Waals surface area contributed by atoms with E-state index < -0.39 is 0 Å². The molecule has 3 N–H and O–H groups in total. The predicted molar refractivity (Wildman–Crippen MR) is 644 cm³/mol. The Labute approximate surface area is 899 Å². The van der Waals surface area contributed by atoms with Crippen LogP contribution in [0.25, 0.3) is 22.3 Å². The highest BCUT2D eigenvalue weighted by atomic mass is 16.5. The number of unbranched alkanes of at least 4 members (excludes halogenated alkanes) is 4. The van der Waals surface area contributed by atoms with Crippen LogP contribution >= 0.6 is 0 Å². The molecule has 2 bridgehead atoms. The van der Waals surface area contributed by atoms with Crippen LogP contribution in [0.15, 0.2) is 249 Å². The molecule has 4 heterocycles. The number of hydrogen-bond acceptors (Lipinski definition) is 1. The molecule has 15 nitrogen and oxygen atoms in total. The molecule has 0 radical (unpaired) electrons. The minimum Gasteiger partial charge on any atom is -0.370 e. The Hall–Kier alpha value is -7.62. The average molecular weight is 2010 g/mol. The summed E-state index contributed by atoms with van der Waals surface area (Å²) in [4.78, 5) is 1.68. The highest BCUT2D eigenvalue weighted by molar-refractivity contribution is 5.85. The van der Waals surface area contributed by atoms with Crippen molar-refractivity contribution in [2.45, 2.75) is 215 Å². The van der Waals surface area contributed by atoms with Crippen molar-refractivity contribution in [2.75, 3.05) is 300 Å². The van der Waals surface area contributed by atoms with Gasteiger partial charge < -0.3 is 46.3 Å². The summed E-state index contributed by atoms with van der Waals surface area (Å²) < 4.78 is 18.0. The third-order valence-electron chi connectivity index (χ3n) is 31.8. The van der Waals surface area contributed by atoms with E-state index in [1.807, 2.05) is 6.07 Å². The molecule has 15 rings (SSSR count). The number of benzene rings is 9. The van der Waals surface area contributed by atoms with Gasteiger partial charge >= 0.3 is 0 Å². The predicted octanol–water partition coefficient (Wildman–Crippen LogP) is 24.1. The minimum atomic E-state index is 0.821. The molecule has 0 amide bonds. The number of para-hydroxylation sites is 5. The molecule has 2 aliphatic carbocycles. The van der Waals surface area contributed by atoms with Gasteiger partial charge in [-0.2, -0.15) is 0 Å². The lowest BCUT2D eigenvalue weighted by Gasteiger charge is -2.55. The summed E-state index contributed by atoms with van der Waals surface area (Å²) in [5.74, 6) is 0. The topological polar surface area (TPSA) is 30.3 Å². The second kappa shape index (κ2) is 63.6. The number of nitrogens with two attached hydrogens (primary N) is 1.